The van der Waals surface area contributed by atoms with Crippen molar-refractivity contribution in [1.82, 2.24) is 4.90 Å². The van der Waals surface area contributed by atoms with Crippen LogP contribution < -0.4 is 0 Å². The summed E-state index contributed by atoms with van der Waals surface area (Å²) < 4.78 is 1.08. The zero-order valence-electron chi connectivity index (χ0n) is 9.57. The molecule has 0 aromatic carbocycles. The molecule has 0 spiro atoms. The molecule has 1 amide bonds. The Balaban J connectivity index is 1.92. The first-order valence-corrected chi connectivity index (χ1v) is 8.47. The molecular formula is C11H13NO3S3. The molecule has 2 rings (SSSR count). The minimum Gasteiger partial charge on any atom is -0.480 e. The highest BCUT2D eigenvalue weighted by atomic mass is 32.2. The second-order valence-electron chi connectivity index (χ2n) is 3.74. The number of aliphatic carboxylic acids is 1. The molecule has 0 radical (unpaired) electrons. The zero-order valence-corrected chi connectivity index (χ0v) is 12.0. The van der Waals surface area contributed by atoms with Crippen LogP contribution in [0.5, 0.6) is 0 Å². The van der Waals surface area contributed by atoms with Crippen LogP contribution in [-0.2, 0) is 9.59 Å². The van der Waals surface area contributed by atoms with E-state index in [4.69, 9.17) is 5.11 Å². The summed E-state index contributed by atoms with van der Waals surface area (Å²) in [6, 6.07) is 3.23. The smallest absolute Gasteiger partial charge is 0.327 e. The maximum Gasteiger partial charge on any atom is 0.327 e. The van der Waals surface area contributed by atoms with Crippen LogP contribution in [0.2, 0.25) is 0 Å². The predicted octanol–water partition coefficient (Wildman–Crippen LogP) is 1.87. The van der Waals surface area contributed by atoms with Gasteiger partial charge in [0, 0.05) is 18.1 Å². The SMILES string of the molecule is O=C(O)C1CSCCN1C(=O)CSc1cccs1. The molecule has 1 aliphatic heterocycles. The van der Waals surface area contributed by atoms with E-state index in [2.05, 4.69) is 0 Å². The highest BCUT2D eigenvalue weighted by Gasteiger charge is 2.32. The molecule has 1 aromatic heterocycles. The van der Waals surface area contributed by atoms with Gasteiger partial charge in [0.05, 0.1) is 9.96 Å². The van der Waals surface area contributed by atoms with Crippen LogP contribution in [0.15, 0.2) is 21.7 Å². The molecule has 7 heteroatoms. The van der Waals surface area contributed by atoms with E-state index in [1.54, 1.807) is 23.1 Å². The van der Waals surface area contributed by atoms with E-state index in [1.807, 2.05) is 17.5 Å². The van der Waals surface area contributed by atoms with Gasteiger partial charge in [-0.25, -0.2) is 4.79 Å². The molecule has 0 bridgehead atoms. The molecule has 0 saturated carbocycles. The number of carbonyl (C=O) groups is 2. The number of thiophene rings is 1. The Morgan fingerprint density at radius 3 is 3.06 bits per heavy atom. The maximum absolute atomic E-state index is 12.0. The standard InChI is InChI=1S/C11H13NO3S3/c13-9(7-18-10-2-1-4-17-10)12-3-5-16-6-8(12)11(14)15/h1-2,4,8H,3,5-7H2,(H,14,15). The van der Waals surface area contributed by atoms with Crippen molar-refractivity contribution >= 4 is 46.7 Å². The van der Waals surface area contributed by atoms with Crippen LogP contribution >= 0.6 is 34.9 Å². The summed E-state index contributed by atoms with van der Waals surface area (Å²) in [5.74, 6) is 0.636. The number of carboxylic acid groups (broad SMARTS) is 1. The van der Waals surface area contributed by atoms with Gasteiger partial charge in [-0.1, -0.05) is 6.07 Å². The largest absolute Gasteiger partial charge is 0.480 e. The molecule has 0 aliphatic carbocycles. The quantitative estimate of drug-likeness (QED) is 0.861. The first-order valence-electron chi connectivity index (χ1n) is 5.45. The minimum absolute atomic E-state index is 0.0823. The van der Waals surface area contributed by atoms with Crippen molar-refractivity contribution < 1.29 is 14.7 Å². The number of thioether (sulfide) groups is 2. The van der Waals surface area contributed by atoms with Crippen LogP contribution in [-0.4, -0.2) is 51.7 Å². The molecule has 1 aliphatic rings. The first-order chi connectivity index (χ1) is 8.68. The van der Waals surface area contributed by atoms with Crippen molar-refractivity contribution in [1.29, 1.82) is 0 Å². The summed E-state index contributed by atoms with van der Waals surface area (Å²) in [6.07, 6.45) is 0. The van der Waals surface area contributed by atoms with Gasteiger partial charge in [-0.2, -0.15) is 11.8 Å². The fourth-order valence-electron chi connectivity index (χ4n) is 1.67. The van der Waals surface area contributed by atoms with Crippen molar-refractivity contribution in [2.75, 3.05) is 23.8 Å². The molecule has 2 heterocycles. The molecule has 4 nitrogen and oxygen atoms in total. The lowest BCUT2D eigenvalue weighted by atomic mass is 10.2. The second-order valence-corrected chi connectivity index (χ2v) is 7.11. The van der Waals surface area contributed by atoms with Crippen molar-refractivity contribution in [3.63, 3.8) is 0 Å². The van der Waals surface area contributed by atoms with Crippen LogP contribution in [0.1, 0.15) is 0 Å². The van der Waals surface area contributed by atoms with Crippen LogP contribution in [0, 0.1) is 0 Å². The number of nitrogens with zero attached hydrogens (tertiary/aromatic N) is 1. The number of rotatable bonds is 4. The Kier molecular flexibility index (Phi) is 4.96. The van der Waals surface area contributed by atoms with Gasteiger partial charge in [-0.15, -0.1) is 23.1 Å². The van der Waals surface area contributed by atoms with Gasteiger partial charge in [0.1, 0.15) is 6.04 Å². The number of carbonyl (C=O) groups excluding carboxylic acids is 1. The van der Waals surface area contributed by atoms with E-state index in [0.717, 1.165) is 9.96 Å². The Morgan fingerprint density at radius 2 is 2.39 bits per heavy atom. The Labute approximate surface area is 118 Å². The van der Waals surface area contributed by atoms with Crippen LogP contribution in [0.25, 0.3) is 0 Å². The molecule has 1 fully saturated rings. The summed E-state index contributed by atoms with van der Waals surface area (Å²) in [5, 5.41) is 11.1. The topological polar surface area (TPSA) is 57.6 Å². The average molecular weight is 303 g/mol. The predicted molar refractivity (Wildman–Crippen MR) is 75.5 cm³/mol. The van der Waals surface area contributed by atoms with Gasteiger partial charge in [0.2, 0.25) is 5.91 Å². The van der Waals surface area contributed by atoms with E-state index in [1.165, 1.54) is 16.7 Å². The summed E-state index contributed by atoms with van der Waals surface area (Å²) in [6.45, 7) is 0.533. The number of carboxylic acids is 1. The molecule has 98 valence electrons. The Bertz CT molecular complexity index is 421. The summed E-state index contributed by atoms with van der Waals surface area (Å²) in [4.78, 5) is 24.6. The third kappa shape index (κ3) is 3.43. The maximum atomic E-state index is 12.0. The number of amides is 1. The molecule has 1 aromatic rings. The molecule has 1 N–H and O–H groups in total. The normalized spacial score (nSPS) is 19.8. The molecular weight excluding hydrogens is 290 g/mol. The zero-order chi connectivity index (χ0) is 13.0. The molecule has 1 saturated heterocycles. The Morgan fingerprint density at radius 1 is 1.56 bits per heavy atom. The molecule has 1 unspecified atom stereocenters. The van der Waals surface area contributed by atoms with E-state index >= 15 is 0 Å². The van der Waals surface area contributed by atoms with E-state index in [-0.39, 0.29) is 5.91 Å². The number of hydrogen-bond donors (Lipinski definition) is 1. The first kappa shape index (κ1) is 13.8. The molecule has 18 heavy (non-hydrogen) atoms. The third-order valence-corrected chi connectivity index (χ3v) is 5.71. The number of hydrogen-bond acceptors (Lipinski definition) is 5. The van der Waals surface area contributed by atoms with Gasteiger partial charge in [0.15, 0.2) is 0 Å². The van der Waals surface area contributed by atoms with Gasteiger partial charge in [0.25, 0.3) is 0 Å². The van der Waals surface area contributed by atoms with Gasteiger partial charge in [-0.3, -0.25) is 4.79 Å². The second kappa shape index (κ2) is 6.49. The summed E-state index contributed by atoms with van der Waals surface area (Å²) in [7, 11) is 0. The van der Waals surface area contributed by atoms with Crippen molar-refractivity contribution in [3.05, 3.63) is 17.5 Å². The van der Waals surface area contributed by atoms with Crippen molar-refractivity contribution in [2.45, 2.75) is 10.3 Å². The lowest BCUT2D eigenvalue weighted by molar-refractivity contribution is -0.148. The van der Waals surface area contributed by atoms with E-state index < -0.39 is 12.0 Å². The lowest BCUT2D eigenvalue weighted by Gasteiger charge is -2.32. The lowest BCUT2D eigenvalue weighted by Crippen LogP contribution is -2.50. The fourth-order valence-corrected chi connectivity index (χ4v) is 4.38. The van der Waals surface area contributed by atoms with E-state index in [0.29, 0.717) is 18.1 Å². The highest BCUT2D eigenvalue weighted by Crippen LogP contribution is 2.25. The van der Waals surface area contributed by atoms with Crippen molar-refractivity contribution in [3.8, 4) is 0 Å². The third-order valence-electron chi connectivity index (χ3n) is 2.57. The van der Waals surface area contributed by atoms with Gasteiger partial charge in [-0.05, 0) is 11.4 Å². The van der Waals surface area contributed by atoms with Gasteiger partial charge < -0.3 is 10.0 Å². The minimum atomic E-state index is -0.906. The molecule has 1 atom stereocenters. The summed E-state index contributed by atoms with van der Waals surface area (Å²) in [5.41, 5.74) is 0. The van der Waals surface area contributed by atoms with Gasteiger partial charge >= 0.3 is 5.97 Å². The fraction of sp³-hybridized carbons (Fsp3) is 0.455. The van der Waals surface area contributed by atoms with Crippen LogP contribution in [0.4, 0.5) is 0 Å². The van der Waals surface area contributed by atoms with Crippen LogP contribution in [0.3, 0.4) is 0 Å². The Hall–Kier alpha value is -0.660. The van der Waals surface area contributed by atoms with Crippen molar-refractivity contribution in [2.24, 2.45) is 0 Å². The average Bonchev–Trinajstić information content (AvgIpc) is 2.89. The van der Waals surface area contributed by atoms with E-state index in [9.17, 15) is 9.59 Å². The monoisotopic (exact) mass is 303 g/mol. The highest BCUT2D eigenvalue weighted by molar-refractivity contribution is 8.01. The summed E-state index contributed by atoms with van der Waals surface area (Å²) >= 11 is 4.65.